The number of rotatable bonds is 4. The number of hydrogen-bond donors (Lipinski definition) is 0. The second kappa shape index (κ2) is 10.1. The summed E-state index contributed by atoms with van der Waals surface area (Å²) in [7, 11) is 1.20. The molecular formula is C29H20Cl2F6N2O2. The average molecular weight is 613 g/mol. The number of aromatic nitrogens is 1. The molecule has 4 nitrogen and oxygen atoms in total. The summed E-state index contributed by atoms with van der Waals surface area (Å²) in [6.45, 7) is 1.18. The molecule has 4 aromatic rings. The number of amides is 1. The Labute approximate surface area is 239 Å². The maximum atomic E-state index is 13.9. The second-order valence-electron chi connectivity index (χ2n) is 9.99. The fourth-order valence-corrected chi connectivity index (χ4v) is 5.86. The monoisotopic (exact) mass is 612 g/mol. The van der Waals surface area contributed by atoms with Gasteiger partial charge in [0.05, 0.1) is 16.6 Å². The van der Waals surface area contributed by atoms with Crippen LogP contribution in [0.4, 0.5) is 26.3 Å². The normalized spacial score (nSPS) is 15.0. The number of nitrogens with zero attached hydrogens (tertiary/aromatic N) is 2. The largest absolute Gasteiger partial charge is 0.416 e. The predicted molar refractivity (Wildman–Crippen MR) is 144 cm³/mol. The highest BCUT2D eigenvalue weighted by molar-refractivity contribution is 6.37. The van der Waals surface area contributed by atoms with E-state index < -0.39 is 47.1 Å². The Balaban J connectivity index is 1.70. The quantitative estimate of drug-likeness (QED) is 0.217. The molecule has 41 heavy (non-hydrogen) atoms. The van der Waals surface area contributed by atoms with E-state index in [1.807, 2.05) is 13.0 Å². The maximum Gasteiger partial charge on any atom is 0.416 e. The minimum Gasteiger partial charge on any atom is -0.337 e. The molecule has 0 saturated carbocycles. The van der Waals surface area contributed by atoms with Gasteiger partial charge in [-0.15, -0.1) is 0 Å². The lowest BCUT2D eigenvalue weighted by molar-refractivity contribution is -0.143. The molecule has 0 spiro atoms. The molecule has 1 aliphatic rings. The van der Waals surface area contributed by atoms with Crippen molar-refractivity contribution in [1.82, 2.24) is 9.47 Å². The minimum absolute atomic E-state index is 0.0163. The van der Waals surface area contributed by atoms with E-state index in [-0.39, 0.29) is 28.3 Å². The van der Waals surface area contributed by atoms with Gasteiger partial charge in [-0.25, -0.2) is 0 Å². The van der Waals surface area contributed by atoms with E-state index in [2.05, 4.69) is 0 Å². The topological polar surface area (TPSA) is 42.3 Å². The molecule has 3 aromatic carbocycles. The van der Waals surface area contributed by atoms with Crippen molar-refractivity contribution in [1.29, 1.82) is 0 Å². The summed E-state index contributed by atoms with van der Waals surface area (Å²) in [6, 6.07) is 10.7. The van der Waals surface area contributed by atoms with E-state index in [4.69, 9.17) is 23.2 Å². The summed E-state index contributed by atoms with van der Waals surface area (Å²) in [5, 5.41) is 1.01. The molecule has 1 amide bonds. The van der Waals surface area contributed by atoms with Gasteiger partial charge in [-0.1, -0.05) is 47.5 Å². The molecule has 0 aliphatic carbocycles. The Bertz CT molecular complexity index is 1750. The lowest BCUT2D eigenvalue weighted by atomic mass is 9.94. The van der Waals surface area contributed by atoms with Crippen LogP contribution in [0.2, 0.25) is 10.0 Å². The van der Waals surface area contributed by atoms with E-state index in [0.29, 0.717) is 40.0 Å². The zero-order valence-electron chi connectivity index (χ0n) is 21.4. The van der Waals surface area contributed by atoms with Crippen LogP contribution in [-0.2, 0) is 25.3 Å². The van der Waals surface area contributed by atoms with Gasteiger partial charge in [0, 0.05) is 46.2 Å². The number of alkyl halides is 6. The zero-order valence-corrected chi connectivity index (χ0v) is 22.9. The zero-order chi connectivity index (χ0) is 30.0. The molecule has 5 rings (SSSR count). The number of pyridine rings is 1. The number of carbonyl (C=O) groups excluding carboxylic acids is 1. The Morgan fingerprint density at radius 3 is 2.20 bits per heavy atom. The van der Waals surface area contributed by atoms with Crippen LogP contribution in [0.1, 0.15) is 45.6 Å². The van der Waals surface area contributed by atoms with Crippen molar-refractivity contribution < 1.29 is 31.1 Å². The molecule has 2 heterocycles. The van der Waals surface area contributed by atoms with E-state index >= 15 is 0 Å². The van der Waals surface area contributed by atoms with Crippen LogP contribution in [0.3, 0.4) is 0 Å². The van der Waals surface area contributed by atoms with Crippen LogP contribution >= 0.6 is 23.2 Å². The summed E-state index contributed by atoms with van der Waals surface area (Å²) in [6.07, 6.45) is -9.57. The molecule has 1 aromatic heterocycles. The molecule has 1 aliphatic heterocycles. The highest BCUT2D eigenvalue weighted by atomic mass is 35.5. The Kier molecular flexibility index (Phi) is 7.14. The van der Waals surface area contributed by atoms with Crippen LogP contribution in [-0.4, -0.2) is 22.4 Å². The second-order valence-corrected chi connectivity index (χ2v) is 10.8. The van der Waals surface area contributed by atoms with Gasteiger partial charge in [-0.3, -0.25) is 9.59 Å². The molecule has 0 N–H and O–H groups in total. The first-order valence-corrected chi connectivity index (χ1v) is 13.0. The third kappa shape index (κ3) is 5.19. The van der Waals surface area contributed by atoms with Crippen molar-refractivity contribution in [2.24, 2.45) is 0 Å². The average Bonchev–Trinajstić information content (AvgIpc) is 3.21. The van der Waals surface area contributed by atoms with Gasteiger partial charge in [0.15, 0.2) is 0 Å². The highest BCUT2D eigenvalue weighted by Crippen LogP contribution is 2.41. The summed E-state index contributed by atoms with van der Waals surface area (Å²) in [4.78, 5) is 28.8. The van der Waals surface area contributed by atoms with Crippen LogP contribution < -0.4 is 5.56 Å². The minimum atomic E-state index is -5.05. The number of benzene rings is 3. The van der Waals surface area contributed by atoms with E-state index in [9.17, 15) is 35.9 Å². The first-order chi connectivity index (χ1) is 19.1. The van der Waals surface area contributed by atoms with Crippen molar-refractivity contribution in [2.45, 2.75) is 38.3 Å². The predicted octanol–water partition coefficient (Wildman–Crippen LogP) is 8.40. The number of halogens is 8. The molecule has 0 radical (unpaired) electrons. The first kappa shape index (κ1) is 29.0. The lowest BCUT2D eigenvalue weighted by Gasteiger charge is -2.23. The van der Waals surface area contributed by atoms with Crippen LogP contribution in [0.5, 0.6) is 0 Å². The van der Waals surface area contributed by atoms with Gasteiger partial charge >= 0.3 is 12.4 Å². The van der Waals surface area contributed by atoms with Gasteiger partial charge < -0.3 is 9.47 Å². The lowest BCUT2D eigenvalue weighted by Crippen LogP contribution is -2.35. The van der Waals surface area contributed by atoms with E-state index in [0.717, 1.165) is 10.5 Å². The van der Waals surface area contributed by atoms with E-state index in [1.165, 1.54) is 23.7 Å². The fraction of sp³-hybridized carbons (Fsp3) is 0.241. The van der Waals surface area contributed by atoms with Crippen molar-refractivity contribution in [2.75, 3.05) is 7.05 Å². The summed E-state index contributed by atoms with van der Waals surface area (Å²) in [5.74, 6) is -0.892. The molecule has 12 heteroatoms. The molecule has 0 saturated heterocycles. The van der Waals surface area contributed by atoms with Gasteiger partial charge in [0.25, 0.3) is 11.5 Å². The van der Waals surface area contributed by atoms with E-state index in [1.54, 1.807) is 18.2 Å². The Morgan fingerprint density at radius 1 is 0.976 bits per heavy atom. The van der Waals surface area contributed by atoms with Crippen molar-refractivity contribution >= 4 is 40.0 Å². The summed E-state index contributed by atoms with van der Waals surface area (Å²) >= 11 is 12.6. The smallest absolute Gasteiger partial charge is 0.337 e. The van der Waals surface area contributed by atoms with Crippen LogP contribution in [0, 0.1) is 0 Å². The molecule has 0 bridgehead atoms. The third-order valence-corrected chi connectivity index (χ3v) is 7.64. The van der Waals surface area contributed by atoms with Crippen molar-refractivity contribution in [3.63, 3.8) is 0 Å². The van der Waals surface area contributed by atoms with Crippen molar-refractivity contribution in [3.8, 4) is 11.1 Å². The number of hydrogen-bond acceptors (Lipinski definition) is 2. The van der Waals surface area contributed by atoms with Crippen LogP contribution in [0.15, 0.2) is 59.4 Å². The summed E-state index contributed by atoms with van der Waals surface area (Å²) < 4.78 is 82.0. The van der Waals surface area contributed by atoms with Crippen molar-refractivity contribution in [3.05, 3.63) is 103 Å². The summed E-state index contributed by atoms with van der Waals surface area (Å²) in [5.41, 5.74) is -2.33. The Hall–Kier alpha value is -3.50. The Morgan fingerprint density at radius 2 is 1.61 bits per heavy atom. The van der Waals surface area contributed by atoms with Gasteiger partial charge in [-0.05, 0) is 54.8 Å². The third-order valence-electron chi connectivity index (χ3n) is 7.10. The highest BCUT2D eigenvalue weighted by Gasteiger charge is 2.37. The molecular weight excluding hydrogens is 593 g/mol. The number of carbonyl (C=O) groups is 1. The van der Waals surface area contributed by atoms with Gasteiger partial charge in [0.2, 0.25) is 0 Å². The first-order valence-electron chi connectivity index (χ1n) is 12.3. The maximum absolute atomic E-state index is 13.9. The molecule has 0 fully saturated rings. The van der Waals surface area contributed by atoms with Crippen LogP contribution in [0.25, 0.3) is 22.0 Å². The van der Waals surface area contributed by atoms with Gasteiger partial charge in [-0.2, -0.15) is 26.3 Å². The molecule has 214 valence electrons. The molecule has 1 unspecified atom stereocenters. The standard InChI is InChI=1S/C29H20Cl2F6N2O2/c1-14-8-16-4-3-5-21-23(20-7-6-19(30)12-22(20)31)24(27(41)39(14)25(16)21)26(40)38(2)13-15-9-17(28(32,33)34)11-18(10-15)29(35,36)37/h3-7,9-12,14H,8,13H2,1-2H3. The number of para-hydroxylation sites is 1. The van der Waals surface area contributed by atoms with Gasteiger partial charge in [0.1, 0.15) is 5.56 Å². The molecule has 1 atom stereocenters. The SMILES string of the molecule is CC1Cc2cccc3c(-c4ccc(Cl)cc4Cl)c(C(=O)N(C)Cc4cc(C(F)(F)F)cc(C(F)(F)F)c4)c(=O)n1c23. The fourth-order valence-electron chi connectivity index (χ4n) is 5.35.